The number of anilines is 1. The average molecular weight is 384 g/mol. The highest BCUT2D eigenvalue weighted by Crippen LogP contribution is 2.65. The Hall–Kier alpha value is -2.04. The molecule has 0 spiro atoms. The molecule has 5 heteroatoms. The van der Waals surface area contributed by atoms with Crippen molar-refractivity contribution in [2.24, 2.45) is 22.7 Å². The maximum absolute atomic E-state index is 12.9. The van der Waals surface area contributed by atoms with Gasteiger partial charge in [0, 0.05) is 30.7 Å². The van der Waals surface area contributed by atoms with Crippen LogP contribution in [0.3, 0.4) is 0 Å². The number of hydrogen-bond acceptors (Lipinski definition) is 2. The minimum atomic E-state index is -0.0765. The third kappa shape index (κ3) is 3.19. The van der Waals surface area contributed by atoms with Crippen LogP contribution in [0.25, 0.3) is 0 Å². The Bertz CT molecular complexity index is 739. The monoisotopic (exact) mass is 383 g/mol. The summed E-state index contributed by atoms with van der Waals surface area (Å²) in [6, 6.07) is 9.73. The number of nitrogens with one attached hydrogen (secondary N) is 2. The fourth-order valence-corrected chi connectivity index (χ4v) is 5.78. The van der Waals surface area contributed by atoms with Crippen LogP contribution in [0.2, 0.25) is 0 Å². The molecule has 0 aromatic heterocycles. The van der Waals surface area contributed by atoms with Crippen molar-refractivity contribution in [2.45, 2.75) is 58.9 Å². The van der Waals surface area contributed by atoms with E-state index in [0.29, 0.717) is 24.5 Å². The molecule has 3 fully saturated rings. The molecule has 2 saturated carbocycles. The summed E-state index contributed by atoms with van der Waals surface area (Å²) in [5.41, 5.74) is 1.33. The second-order valence-corrected chi connectivity index (χ2v) is 9.73. The Labute approximate surface area is 168 Å². The number of nitrogens with zero attached hydrogens (tertiary/aromatic N) is 1. The third-order valence-corrected chi connectivity index (χ3v) is 8.29. The molecule has 1 aromatic carbocycles. The highest BCUT2D eigenvalue weighted by atomic mass is 16.2. The zero-order chi connectivity index (χ0) is 19.9. The number of hydrogen-bond donors (Lipinski definition) is 2. The molecule has 2 N–H and O–H groups in total. The van der Waals surface area contributed by atoms with Gasteiger partial charge in [0.15, 0.2) is 0 Å². The van der Waals surface area contributed by atoms with Crippen molar-refractivity contribution in [2.75, 3.05) is 18.4 Å². The Kier molecular flexibility index (Phi) is 4.88. The van der Waals surface area contributed by atoms with Crippen LogP contribution in [0, 0.1) is 22.7 Å². The molecule has 3 aliphatic rings. The topological polar surface area (TPSA) is 61.4 Å². The molecule has 1 aliphatic heterocycles. The quantitative estimate of drug-likeness (QED) is 0.819. The van der Waals surface area contributed by atoms with E-state index >= 15 is 0 Å². The van der Waals surface area contributed by atoms with Crippen LogP contribution >= 0.6 is 0 Å². The molecule has 2 aliphatic carbocycles. The average Bonchev–Trinajstić information content (AvgIpc) is 3.02. The summed E-state index contributed by atoms with van der Waals surface area (Å²) in [5.74, 6) is 0.940. The standard InChI is InChI=1S/C23H33N3O2/c1-22(2)17-9-12-23(22,3)19(15-17)25-20(27)16-10-13-26(14-11-16)21(28)24-18-7-5-4-6-8-18/h4-8,16-17,19H,9-15H2,1-3H3,(H,24,28)(H,25,27). The number of benzene rings is 1. The highest BCUT2D eigenvalue weighted by molar-refractivity contribution is 5.89. The predicted octanol–water partition coefficient (Wildman–Crippen LogP) is 4.26. The Morgan fingerprint density at radius 2 is 1.71 bits per heavy atom. The fraction of sp³-hybridized carbons (Fsp3) is 0.652. The van der Waals surface area contributed by atoms with Gasteiger partial charge in [0.1, 0.15) is 0 Å². The van der Waals surface area contributed by atoms with Gasteiger partial charge in [-0.3, -0.25) is 4.79 Å². The summed E-state index contributed by atoms with van der Waals surface area (Å²) < 4.78 is 0. The zero-order valence-corrected chi connectivity index (χ0v) is 17.3. The molecule has 2 bridgehead atoms. The van der Waals surface area contributed by atoms with Crippen molar-refractivity contribution in [3.8, 4) is 0 Å². The van der Waals surface area contributed by atoms with Gasteiger partial charge in [-0.25, -0.2) is 4.79 Å². The molecule has 28 heavy (non-hydrogen) atoms. The number of urea groups is 1. The third-order valence-electron chi connectivity index (χ3n) is 8.29. The fourth-order valence-electron chi connectivity index (χ4n) is 5.78. The number of carbonyl (C=O) groups excluding carboxylic acids is 2. The molecule has 3 amide bonds. The lowest BCUT2D eigenvalue weighted by Crippen LogP contribution is -2.50. The van der Waals surface area contributed by atoms with Gasteiger partial charge in [-0.05, 0) is 61.0 Å². The van der Waals surface area contributed by atoms with E-state index in [-0.39, 0.29) is 23.3 Å². The van der Waals surface area contributed by atoms with Crippen LogP contribution < -0.4 is 10.6 Å². The van der Waals surface area contributed by atoms with Crippen LogP contribution in [0.4, 0.5) is 10.5 Å². The molecule has 1 heterocycles. The van der Waals surface area contributed by atoms with Gasteiger partial charge in [-0.2, -0.15) is 0 Å². The minimum absolute atomic E-state index is 0.0200. The Balaban J connectivity index is 1.28. The number of piperidine rings is 1. The van der Waals surface area contributed by atoms with E-state index in [2.05, 4.69) is 31.4 Å². The van der Waals surface area contributed by atoms with Gasteiger partial charge in [-0.15, -0.1) is 0 Å². The molecule has 152 valence electrons. The van der Waals surface area contributed by atoms with Gasteiger partial charge in [0.2, 0.25) is 5.91 Å². The molecule has 1 aromatic rings. The lowest BCUT2D eigenvalue weighted by atomic mass is 9.69. The summed E-state index contributed by atoms with van der Waals surface area (Å²) in [4.78, 5) is 27.2. The van der Waals surface area contributed by atoms with E-state index < -0.39 is 0 Å². The summed E-state index contributed by atoms with van der Waals surface area (Å²) in [6.45, 7) is 8.38. The van der Waals surface area contributed by atoms with Crippen molar-refractivity contribution in [3.63, 3.8) is 0 Å². The smallest absolute Gasteiger partial charge is 0.321 e. The van der Waals surface area contributed by atoms with E-state index in [0.717, 1.165) is 30.9 Å². The largest absolute Gasteiger partial charge is 0.353 e. The molecule has 1 saturated heterocycles. The lowest BCUT2D eigenvalue weighted by molar-refractivity contribution is -0.128. The number of amides is 3. The van der Waals surface area contributed by atoms with Crippen molar-refractivity contribution < 1.29 is 9.59 Å². The first-order valence-corrected chi connectivity index (χ1v) is 10.7. The van der Waals surface area contributed by atoms with Crippen molar-refractivity contribution in [3.05, 3.63) is 30.3 Å². The zero-order valence-electron chi connectivity index (χ0n) is 17.3. The van der Waals surface area contributed by atoms with Crippen molar-refractivity contribution in [1.82, 2.24) is 10.2 Å². The maximum atomic E-state index is 12.9. The first-order valence-electron chi connectivity index (χ1n) is 10.7. The Morgan fingerprint density at radius 3 is 2.29 bits per heavy atom. The summed E-state index contributed by atoms with van der Waals surface area (Å²) in [5, 5.41) is 6.34. The highest BCUT2D eigenvalue weighted by Gasteiger charge is 2.61. The maximum Gasteiger partial charge on any atom is 0.321 e. The van der Waals surface area contributed by atoms with Crippen molar-refractivity contribution >= 4 is 17.6 Å². The molecular weight excluding hydrogens is 350 g/mol. The molecule has 4 rings (SSSR count). The van der Waals surface area contributed by atoms with Crippen LogP contribution in [-0.4, -0.2) is 36.0 Å². The predicted molar refractivity (Wildman–Crippen MR) is 111 cm³/mol. The number of carbonyl (C=O) groups is 2. The summed E-state index contributed by atoms with van der Waals surface area (Å²) in [7, 11) is 0. The van der Waals surface area contributed by atoms with Crippen LogP contribution in [-0.2, 0) is 4.79 Å². The van der Waals surface area contributed by atoms with E-state index in [1.165, 1.54) is 12.8 Å². The number of rotatable bonds is 3. The summed E-state index contributed by atoms with van der Waals surface area (Å²) >= 11 is 0. The first kappa shape index (κ1) is 19.3. The number of fused-ring (bicyclic) bond motifs is 2. The van der Waals surface area contributed by atoms with Gasteiger partial charge in [0.05, 0.1) is 0 Å². The van der Waals surface area contributed by atoms with Gasteiger partial charge < -0.3 is 15.5 Å². The molecule has 3 unspecified atom stereocenters. The van der Waals surface area contributed by atoms with E-state index in [4.69, 9.17) is 0 Å². The molecule has 0 radical (unpaired) electrons. The number of likely N-dealkylation sites (tertiary alicyclic amines) is 1. The second-order valence-electron chi connectivity index (χ2n) is 9.73. The SMILES string of the molecule is CC1(C)C2CCC1(C)C(NC(=O)C1CCN(C(=O)Nc3ccccc3)CC1)C2. The van der Waals surface area contributed by atoms with Crippen molar-refractivity contribution in [1.29, 1.82) is 0 Å². The van der Waals surface area contributed by atoms with E-state index in [1.807, 2.05) is 35.2 Å². The van der Waals surface area contributed by atoms with E-state index in [9.17, 15) is 9.59 Å². The second kappa shape index (κ2) is 7.09. The minimum Gasteiger partial charge on any atom is -0.353 e. The van der Waals surface area contributed by atoms with Gasteiger partial charge in [-0.1, -0.05) is 39.0 Å². The molecular formula is C23H33N3O2. The molecule has 3 atom stereocenters. The van der Waals surface area contributed by atoms with Crippen LogP contribution in [0.1, 0.15) is 52.9 Å². The van der Waals surface area contributed by atoms with Crippen LogP contribution in [0.15, 0.2) is 30.3 Å². The Morgan fingerprint density at radius 1 is 1.04 bits per heavy atom. The molecule has 5 nitrogen and oxygen atoms in total. The van der Waals surface area contributed by atoms with Crippen LogP contribution in [0.5, 0.6) is 0 Å². The summed E-state index contributed by atoms with van der Waals surface area (Å²) in [6.07, 6.45) is 5.11. The lowest BCUT2D eigenvalue weighted by Gasteiger charge is -2.40. The number of para-hydroxylation sites is 1. The van der Waals surface area contributed by atoms with E-state index in [1.54, 1.807) is 0 Å². The van der Waals surface area contributed by atoms with Gasteiger partial charge >= 0.3 is 6.03 Å². The first-order chi connectivity index (χ1) is 13.3. The normalized spacial score (nSPS) is 31.6. The van der Waals surface area contributed by atoms with Gasteiger partial charge in [0.25, 0.3) is 0 Å².